The molecule has 4 rings (SSSR count). The largest absolute Gasteiger partial charge is 0.444 e. The fraction of sp³-hybridized carbons (Fsp3) is 0.435. The normalized spacial score (nSPS) is 15.5. The molecular weight excluding hydrogens is 447 g/mol. The summed E-state index contributed by atoms with van der Waals surface area (Å²) in [4.78, 5) is 26.3. The lowest BCUT2D eigenvalue weighted by atomic mass is 10.0. The predicted octanol–water partition coefficient (Wildman–Crippen LogP) is 4.98. The summed E-state index contributed by atoms with van der Waals surface area (Å²) in [5.41, 5.74) is 1.91. The van der Waals surface area contributed by atoms with Crippen LogP contribution < -0.4 is 10.6 Å². The molecule has 1 amide bonds. The second-order valence-corrected chi connectivity index (χ2v) is 9.62. The molecule has 0 radical (unpaired) electrons. The summed E-state index contributed by atoms with van der Waals surface area (Å²) in [5.74, 6) is 0.155. The van der Waals surface area contributed by atoms with Crippen molar-refractivity contribution in [2.75, 3.05) is 18.4 Å². The summed E-state index contributed by atoms with van der Waals surface area (Å²) < 4.78 is 18.9. The summed E-state index contributed by atoms with van der Waals surface area (Å²) >= 11 is 5.92. The Morgan fingerprint density at radius 1 is 1.30 bits per heavy atom. The molecule has 0 aliphatic carbocycles. The Bertz CT molecular complexity index is 1140. The average Bonchev–Trinajstić information content (AvgIpc) is 3.15. The topological polar surface area (TPSA) is 95.2 Å². The van der Waals surface area contributed by atoms with Gasteiger partial charge in [-0.1, -0.05) is 11.6 Å². The number of nitrogens with zero attached hydrogens (tertiary/aromatic N) is 3. The number of rotatable bonds is 5. The minimum absolute atomic E-state index is 0.0439. The van der Waals surface area contributed by atoms with E-state index < -0.39 is 11.4 Å². The molecule has 0 saturated carbocycles. The van der Waals surface area contributed by atoms with Crippen molar-refractivity contribution < 1.29 is 13.9 Å². The van der Waals surface area contributed by atoms with Crippen molar-refractivity contribution >= 4 is 40.2 Å². The fourth-order valence-corrected chi connectivity index (χ4v) is 4.09. The van der Waals surface area contributed by atoms with Gasteiger partial charge < -0.3 is 20.4 Å². The van der Waals surface area contributed by atoms with E-state index in [0.29, 0.717) is 18.1 Å². The molecule has 3 N–H and O–H groups in total. The summed E-state index contributed by atoms with van der Waals surface area (Å²) in [5, 5.41) is 7.12. The van der Waals surface area contributed by atoms with Crippen molar-refractivity contribution in [1.82, 2.24) is 25.2 Å². The fourth-order valence-electron chi connectivity index (χ4n) is 3.91. The second kappa shape index (κ2) is 9.52. The number of hydrogen-bond donors (Lipinski definition) is 3. The van der Waals surface area contributed by atoms with Gasteiger partial charge in [0.15, 0.2) is 0 Å². The number of benzene rings is 1. The Kier molecular flexibility index (Phi) is 6.71. The number of amides is 1. The Balaban J connectivity index is 1.41. The molecule has 1 aliphatic rings. The Morgan fingerprint density at radius 3 is 2.76 bits per heavy atom. The molecule has 0 unspecified atom stereocenters. The predicted molar refractivity (Wildman–Crippen MR) is 126 cm³/mol. The molecule has 10 heteroatoms. The van der Waals surface area contributed by atoms with Crippen LogP contribution in [0.25, 0.3) is 11.0 Å². The van der Waals surface area contributed by atoms with Gasteiger partial charge in [0, 0.05) is 37.6 Å². The number of fused-ring (bicyclic) bond motifs is 1. The molecule has 3 aromatic rings. The van der Waals surface area contributed by atoms with Crippen LogP contribution in [0.4, 0.5) is 20.7 Å². The van der Waals surface area contributed by atoms with Crippen LogP contribution in [0.3, 0.4) is 0 Å². The van der Waals surface area contributed by atoms with Gasteiger partial charge in [0.2, 0.25) is 0 Å². The number of nitrogens with one attached hydrogen (secondary N) is 3. The van der Waals surface area contributed by atoms with Gasteiger partial charge in [-0.15, -0.1) is 0 Å². The number of alkyl carbamates (subject to hydrolysis) is 1. The van der Waals surface area contributed by atoms with E-state index in [1.165, 1.54) is 18.5 Å². The summed E-state index contributed by atoms with van der Waals surface area (Å²) in [6.07, 6.45) is 4.73. The third kappa shape index (κ3) is 5.91. The van der Waals surface area contributed by atoms with E-state index in [9.17, 15) is 9.18 Å². The standard InChI is InChI=1S/C23H28ClFN6O2/c1-23(2,3)33-22(32)30-15-6-8-31(9-7-15)12-14-11-26-20-19(14)21(28-13-27-20)29-16-4-5-18(25)17(24)10-16/h4-5,10-11,13,15H,6-9,12H2,1-3H3,(H,30,32)(H2,26,27,28,29). The Hall–Kier alpha value is -2.91. The summed E-state index contributed by atoms with van der Waals surface area (Å²) in [6, 6.07) is 4.56. The van der Waals surface area contributed by atoms with E-state index >= 15 is 0 Å². The lowest BCUT2D eigenvalue weighted by Gasteiger charge is -2.32. The van der Waals surface area contributed by atoms with Crippen molar-refractivity contribution in [3.8, 4) is 0 Å². The first-order valence-corrected chi connectivity index (χ1v) is 11.3. The molecule has 176 valence electrons. The lowest BCUT2D eigenvalue weighted by Crippen LogP contribution is -2.45. The molecule has 33 heavy (non-hydrogen) atoms. The van der Waals surface area contributed by atoms with Crippen molar-refractivity contribution in [3.05, 3.63) is 47.1 Å². The maximum absolute atomic E-state index is 13.5. The first kappa shape index (κ1) is 23.3. The van der Waals surface area contributed by atoms with E-state index in [0.717, 1.165) is 42.5 Å². The highest BCUT2D eigenvalue weighted by atomic mass is 35.5. The van der Waals surface area contributed by atoms with Gasteiger partial charge in [-0.3, -0.25) is 4.90 Å². The average molecular weight is 475 g/mol. The van der Waals surface area contributed by atoms with Crippen molar-refractivity contribution in [2.45, 2.75) is 51.8 Å². The molecule has 3 heterocycles. The lowest BCUT2D eigenvalue weighted by molar-refractivity contribution is 0.0477. The van der Waals surface area contributed by atoms with Crippen LogP contribution in [-0.2, 0) is 11.3 Å². The number of likely N-dealkylation sites (tertiary alicyclic amines) is 1. The SMILES string of the molecule is CC(C)(C)OC(=O)NC1CCN(Cc2c[nH]c3ncnc(Nc4ccc(F)c(Cl)c4)c23)CC1. The zero-order valence-corrected chi connectivity index (χ0v) is 19.7. The van der Waals surface area contributed by atoms with Crippen LogP contribution in [0, 0.1) is 5.82 Å². The summed E-state index contributed by atoms with van der Waals surface area (Å²) in [6.45, 7) is 7.97. The third-order valence-corrected chi connectivity index (χ3v) is 5.73. The van der Waals surface area contributed by atoms with Crippen LogP contribution >= 0.6 is 11.6 Å². The van der Waals surface area contributed by atoms with Crippen LogP contribution in [0.5, 0.6) is 0 Å². The van der Waals surface area contributed by atoms with Gasteiger partial charge in [0.1, 0.15) is 29.2 Å². The van der Waals surface area contributed by atoms with Gasteiger partial charge in [-0.2, -0.15) is 0 Å². The monoisotopic (exact) mass is 474 g/mol. The quantitative estimate of drug-likeness (QED) is 0.482. The molecule has 0 atom stereocenters. The number of hydrogen-bond acceptors (Lipinski definition) is 6. The number of halogens is 2. The van der Waals surface area contributed by atoms with Gasteiger partial charge in [0.05, 0.1) is 10.4 Å². The highest BCUT2D eigenvalue weighted by molar-refractivity contribution is 6.31. The maximum atomic E-state index is 13.5. The van der Waals surface area contributed by atoms with Crippen LogP contribution in [-0.4, -0.2) is 50.7 Å². The highest BCUT2D eigenvalue weighted by Crippen LogP contribution is 2.29. The minimum Gasteiger partial charge on any atom is -0.444 e. The van der Waals surface area contributed by atoms with E-state index in [1.54, 1.807) is 6.07 Å². The molecule has 1 fully saturated rings. The van der Waals surface area contributed by atoms with Crippen molar-refractivity contribution in [1.29, 1.82) is 0 Å². The van der Waals surface area contributed by atoms with E-state index in [4.69, 9.17) is 16.3 Å². The third-order valence-electron chi connectivity index (χ3n) is 5.44. The number of anilines is 2. The molecule has 0 bridgehead atoms. The molecule has 0 spiro atoms. The minimum atomic E-state index is -0.507. The number of H-pyrrole nitrogens is 1. The van der Waals surface area contributed by atoms with Crippen LogP contribution in [0.2, 0.25) is 5.02 Å². The number of piperidine rings is 1. The zero-order valence-electron chi connectivity index (χ0n) is 18.9. The summed E-state index contributed by atoms with van der Waals surface area (Å²) in [7, 11) is 0. The van der Waals surface area contributed by atoms with Crippen molar-refractivity contribution in [3.63, 3.8) is 0 Å². The first-order valence-electron chi connectivity index (χ1n) is 10.9. The zero-order chi connectivity index (χ0) is 23.6. The number of aromatic nitrogens is 3. The molecule has 1 aliphatic heterocycles. The molecule has 2 aromatic heterocycles. The van der Waals surface area contributed by atoms with Gasteiger partial charge in [-0.25, -0.2) is 19.2 Å². The van der Waals surface area contributed by atoms with Gasteiger partial charge >= 0.3 is 6.09 Å². The van der Waals surface area contributed by atoms with Gasteiger partial charge in [0.25, 0.3) is 0 Å². The van der Waals surface area contributed by atoms with E-state index in [2.05, 4.69) is 30.5 Å². The molecule has 1 saturated heterocycles. The highest BCUT2D eigenvalue weighted by Gasteiger charge is 2.24. The van der Waals surface area contributed by atoms with Crippen LogP contribution in [0.1, 0.15) is 39.2 Å². The molecule has 1 aromatic carbocycles. The first-order chi connectivity index (χ1) is 15.7. The Morgan fingerprint density at radius 2 is 2.06 bits per heavy atom. The van der Waals surface area contributed by atoms with Gasteiger partial charge in [-0.05, 0) is 57.4 Å². The smallest absolute Gasteiger partial charge is 0.407 e. The number of carbonyl (C=O) groups excluding carboxylic acids is 1. The van der Waals surface area contributed by atoms with E-state index in [-0.39, 0.29) is 17.2 Å². The van der Waals surface area contributed by atoms with Crippen LogP contribution in [0.15, 0.2) is 30.7 Å². The van der Waals surface area contributed by atoms with Crippen molar-refractivity contribution in [2.24, 2.45) is 0 Å². The second-order valence-electron chi connectivity index (χ2n) is 9.21. The number of ether oxygens (including phenoxy) is 1. The Labute approximate surface area is 196 Å². The number of aromatic amines is 1. The molecule has 8 nitrogen and oxygen atoms in total. The van der Waals surface area contributed by atoms with E-state index in [1.807, 2.05) is 27.0 Å². The maximum Gasteiger partial charge on any atom is 0.407 e. The molecular formula is C23H28ClFN6O2. The number of carbonyl (C=O) groups is 1.